The minimum absolute atomic E-state index is 0.139. The van der Waals surface area contributed by atoms with Crippen molar-refractivity contribution in [1.82, 2.24) is 15.3 Å². The van der Waals surface area contributed by atoms with Crippen molar-refractivity contribution >= 4 is 75.6 Å². The molecule has 1 aromatic heterocycles. The van der Waals surface area contributed by atoms with Gasteiger partial charge in [0.1, 0.15) is 11.0 Å². The Bertz CT molecular complexity index is 1530. The van der Waals surface area contributed by atoms with Gasteiger partial charge in [-0.15, -0.1) is 0 Å². The van der Waals surface area contributed by atoms with Gasteiger partial charge < -0.3 is 15.1 Å². The zero-order valence-electron chi connectivity index (χ0n) is 22.0. The van der Waals surface area contributed by atoms with Gasteiger partial charge >= 0.3 is 0 Å². The van der Waals surface area contributed by atoms with Crippen LogP contribution < -0.4 is 15.1 Å². The highest BCUT2D eigenvalue weighted by Crippen LogP contribution is 2.27. The first kappa shape index (κ1) is 29.8. The first-order valence-electron chi connectivity index (χ1n) is 13.1. The molecule has 1 saturated heterocycles. The zero-order chi connectivity index (χ0) is 28.8. The SMILES string of the molecule is O=C(NCCc1ccc(Cl)cc1Cl)c1cccc(CSc2nc(Cl)cc(N3CCN(c4cccc(Cl)c4)CC3)n2)c1. The number of nitrogens with zero attached hydrogens (tertiary/aromatic N) is 4. The molecule has 0 aliphatic carbocycles. The lowest BCUT2D eigenvalue weighted by Crippen LogP contribution is -2.46. The van der Waals surface area contributed by atoms with Gasteiger partial charge in [0.2, 0.25) is 0 Å². The lowest BCUT2D eigenvalue weighted by molar-refractivity contribution is 0.0954. The fourth-order valence-corrected chi connectivity index (χ4v) is 6.28. The highest BCUT2D eigenvalue weighted by Gasteiger charge is 2.20. The van der Waals surface area contributed by atoms with E-state index in [9.17, 15) is 4.79 Å². The van der Waals surface area contributed by atoms with E-state index in [2.05, 4.69) is 26.2 Å². The van der Waals surface area contributed by atoms with Gasteiger partial charge in [0, 0.05) is 70.9 Å². The molecule has 0 radical (unpaired) electrons. The number of rotatable bonds is 9. The van der Waals surface area contributed by atoms with Crippen LogP contribution >= 0.6 is 58.2 Å². The Balaban J connectivity index is 1.15. The minimum Gasteiger partial charge on any atom is -0.368 e. The van der Waals surface area contributed by atoms with Crippen LogP contribution in [0.25, 0.3) is 0 Å². The summed E-state index contributed by atoms with van der Waals surface area (Å²) in [6, 6.07) is 22.7. The van der Waals surface area contributed by atoms with Gasteiger partial charge in [-0.1, -0.05) is 82.4 Å². The number of carbonyl (C=O) groups excluding carboxylic acids is 1. The number of nitrogens with one attached hydrogen (secondary N) is 1. The maximum atomic E-state index is 12.8. The third kappa shape index (κ3) is 8.21. The van der Waals surface area contributed by atoms with Gasteiger partial charge in [0.25, 0.3) is 5.91 Å². The van der Waals surface area contributed by atoms with Crippen LogP contribution in [-0.4, -0.2) is 48.6 Å². The van der Waals surface area contributed by atoms with Gasteiger partial charge in [-0.25, -0.2) is 9.97 Å². The van der Waals surface area contributed by atoms with Crippen LogP contribution in [0, 0.1) is 0 Å². The normalized spacial score (nSPS) is 13.4. The molecule has 212 valence electrons. The average molecular weight is 647 g/mol. The van der Waals surface area contributed by atoms with Crippen molar-refractivity contribution in [2.75, 3.05) is 42.5 Å². The molecule has 41 heavy (non-hydrogen) atoms. The number of amides is 1. The van der Waals surface area contributed by atoms with E-state index in [-0.39, 0.29) is 5.91 Å². The molecule has 0 unspecified atom stereocenters. The molecule has 1 aliphatic heterocycles. The Morgan fingerprint density at radius 3 is 2.37 bits per heavy atom. The molecular weight excluding hydrogens is 620 g/mol. The number of aromatic nitrogens is 2. The average Bonchev–Trinajstić information content (AvgIpc) is 2.97. The Hall–Kier alpha value is -2.68. The number of hydrogen-bond donors (Lipinski definition) is 1. The molecule has 1 aliphatic rings. The molecule has 2 heterocycles. The Morgan fingerprint density at radius 1 is 0.829 bits per heavy atom. The van der Waals surface area contributed by atoms with Crippen molar-refractivity contribution in [3.63, 3.8) is 0 Å². The predicted octanol–water partition coefficient (Wildman–Crippen LogP) is 7.68. The van der Waals surface area contributed by atoms with Crippen LogP contribution in [0.4, 0.5) is 11.5 Å². The summed E-state index contributed by atoms with van der Waals surface area (Å²) in [4.78, 5) is 26.5. The molecule has 0 atom stereocenters. The molecule has 0 spiro atoms. The van der Waals surface area contributed by atoms with Gasteiger partial charge in [-0.05, 0) is 60.0 Å². The topological polar surface area (TPSA) is 61.4 Å². The van der Waals surface area contributed by atoms with Gasteiger partial charge in [-0.3, -0.25) is 4.79 Å². The summed E-state index contributed by atoms with van der Waals surface area (Å²) in [5, 5.41) is 5.88. The summed E-state index contributed by atoms with van der Waals surface area (Å²) in [5.74, 6) is 1.27. The Labute approximate surface area is 264 Å². The predicted molar refractivity (Wildman–Crippen MR) is 171 cm³/mol. The van der Waals surface area contributed by atoms with E-state index in [1.165, 1.54) is 11.8 Å². The van der Waals surface area contributed by atoms with Gasteiger partial charge in [0.05, 0.1) is 0 Å². The summed E-state index contributed by atoms with van der Waals surface area (Å²) in [5.41, 5.74) is 3.64. The molecule has 3 aromatic carbocycles. The molecule has 1 amide bonds. The number of halogens is 4. The van der Waals surface area contributed by atoms with Crippen LogP contribution in [0.2, 0.25) is 20.2 Å². The molecule has 5 rings (SSSR count). The number of thioether (sulfide) groups is 1. The molecule has 4 aromatic rings. The van der Waals surface area contributed by atoms with E-state index in [0.717, 1.165) is 53.8 Å². The van der Waals surface area contributed by atoms with E-state index in [4.69, 9.17) is 51.4 Å². The van der Waals surface area contributed by atoms with E-state index in [1.54, 1.807) is 18.2 Å². The second-order valence-electron chi connectivity index (χ2n) is 9.52. The zero-order valence-corrected chi connectivity index (χ0v) is 25.8. The van der Waals surface area contributed by atoms with Gasteiger partial charge in [-0.2, -0.15) is 0 Å². The number of carbonyl (C=O) groups is 1. The third-order valence-electron chi connectivity index (χ3n) is 6.69. The van der Waals surface area contributed by atoms with Crippen molar-refractivity contribution in [1.29, 1.82) is 0 Å². The Morgan fingerprint density at radius 2 is 1.59 bits per heavy atom. The number of anilines is 2. The van der Waals surface area contributed by atoms with Crippen molar-refractivity contribution in [2.45, 2.75) is 17.3 Å². The third-order valence-corrected chi connectivity index (χ3v) is 8.62. The van der Waals surface area contributed by atoms with E-state index < -0.39 is 0 Å². The summed E-state index contributed by atoms with van der Waals surface area (Å²) in [6.45, 7) is 3.79. The fourth-order valence-electron chi connectivity index (χ4n) is 4.57. The van der Waals surface area contributed by atoms with Crippen molar-refractivity contribution in [3.8, 4) is 0 Å². The molecule has 11 heteroatoms. The maximum absolute atomic E-state index is 12.8. The van der Waals surface area contributed by atoms with Crippen LogP contribution in [0.15, 0.2) is 78.0 Å². The summed E-state index contributed by atoms with van der Waals surface area (Å²) in [6.07, 6.45) is 0.612. The second-order valence-corrected chi connectivity index (χ2v) is 12.1. The monoisotopic (exact) mass is 645 g/mol. The fraction of sp³-hybridized carbons (Fsp3) is 0.233. The van der Waals surface area contributed by atoms with Crippen molar-refractivity contribution in [2.24, 2.45) is 0 Å². The van der Waals surface area contributed by atoms with E-state index in [1.807, 2.05) is 48.5 Å². The van der Waals surface area contributed by atoms with Crippen LogP contribution in [-0.2, 0) is 12.2 Å². The maximum Gasteiger partial charge on any atom is 0.251 e. The van der Waals surface area contributed by atoms with Crippen LogP contribution in [0.5, 0.6) is 0 Å². The van der Waals surface area contributed by atoms with E-state index in [0.29, 0.717) is 44.6 Å². The molecule has 0 bridgehead atoms. The van der Waals surface area contributed by atoms with Gasteiger partial charge in [0.15, 0.2) is 5.16 Å². The summed E-state index contributed by atoms with van der Waals surface area (Å²) in [7, 11) is 0. The Kier molecular flexibility index (Phi) is 10.2. The number of piperazine rings is 1. The van der Waals surface area contributed by atoms with E-state index >= 15 is 0 Å². The molecule has 1 fully saturated rings. The van der Waals surface area contributed by atoms with Crippen molar-refractivity contribution in [3.05, 3.63) is 110 Å². The minimum atomic E-state index is -0.139. The number of hydrogen-bond acceptors (Lipinski definition) is 6. The standard InChI is InChI=1S/C30H27Cl4N5OS/c31-23-5-2-6-25(16-23)38-11-13-39(14-12-38)28-18-27(34)36-30(37-28)41-19-20-3-1-4-22(15-20)29(40)35-10-9-21-7-8-24(32)17-26(21)33/h1-8,15-18H,9-14,19H2,(H,35,40). The summed E-state index contributed by atoms with van der Waals surface area (Å²) >= 11 is 26.2. The highest BCUT2D eigenvalue weighted by molar-refractivity contribution is 7.98. The molecule has 0 saturated carbocycles. The molecule has 1 N–H and O–H groups in total. The molecular formula is C30H27Cl4N5OS. The first-order chi connectivity index (χ1) is 19.8. The van der Waals surface area contributed by atoms with Crippen LogP contribution in [0.1, 0.15) is 21.5 Å². The lowest BCUT2D eigenvalue weighted by atomic mass is 10.1. The second kappa shape index (κ2) is 14.0. The summed E-state index contributed by atoms with van der Waals surface area (Å²) < 4.78 is 0. The van der Waals surface area contributed by atoms with Crippen molar-refractivity contribution < 1.29 is 4.79 Å². The van der Waals surface area contributed by atoms with Crippen LogP contribution in [0.3, 0.4) is 0 Å². The smallest absolute Gasteiger partial charge is 0.251 e. The largest absolute Gasteiger partial charge is 0.368 e. The molecule has 6 nitrogen and oxygen atoms in total. The lowest BCUT2D eigenvalue weighted by Gasteiger charge is -2.36. The first-order valence-corrected chi connectivity index (χ1v) is 15.6. The number of benzene rings is 3. The quantitative estimate of drug-likeness (QED) is 0.114. The highest BCUT2D eigenvalue weighted by atomic mass is 35.5.